The summed E-state index contributed by atoms with van der Waals surface area (Å²) in [5, 5.41) is 3.85. The monoisotopic (exact) mass is 800 g/mol. The van der Waals surface area contributed by atoms with E-state index in [2.05, 4.69) is 10.00 Å². The van der Waals surface area contributed by atoms with Crippen molar-refractivity contribution in [2.75, 3.05) is 43.1 Å². The molecule has 54 heavy (non-hydrogen) atoms. The maximum absolute atomic E-state index is 14.3. The van der Waals surface area contributed by atoms with Crippen molar-refractivity contribution in [2.45, 2.75) is 76.5 Å². The van der Waals surface area contributed by atoms with E-state index in [4.69, 9.17) is 36.8 Å². The molecule has 2 saturated heterocycles. The number of sulfonamides is 1. The molecule has 0 aliphatic carbocycles. The van der Waals surface area contributed by atoms with E-state index in [0.717, 1.165) is 37.8 Å². The second kappa shape index (κ2) is 14.2. The lowest BCUT2D eigenvalue weighted by Crippen LogP contribution is -2.43. The van der Waals surface area contributed by atoms with E-state index < -0.39 is 50.4 Å². The molecule has 2 fully saturated rings. The Morgan fingerprint density at radius 3 is 2.70 bits per heavy atom. The number of rotatable bonds is 8. The van der Waals surface area contributed by atoms with Crippen LogP contribution in [0.15, 0.2) is 24.3 Å². The molecule has 0 radical (unpaired) electrons. The van der Waals surface area contributed by atoms with E-state index in [1.807, 2.05) is 9.62 Å². The largest absolute Gasteiger partial charge is 0.461 e. The van der Waals surface area contributed by atoms with Crippen LogP contribution in [0.4, 0.5) is 33.5 Å². The Labute approximate surface area is 312 Å². The van der Waals surface area contributed by atoms with Gasteiger partial charge in [0.25, 0.3) is 12.0 Å². The number of hydrogen-bond donors (Lipinski definition) is 2. The molecule has 4 aliphatic heterocycles. The molecule has 7 rings (SSSR count). The fourth-order valence-electron chi connectivity index (χ4n) is 8.27. The van der Waals surface area contributed by atoms with Gasteiger partial charge in [0.1, 0.15) is 12.4 Å². The lowest BCUT2D eigenvalue weighted by Gasteiger charge is -2.33. The van der Waals surface area contributed by atoms with Crippen molar-refractivity contribution < 1.29 is 44.6 Å². The van der Waals surface area contributed by atoms with Crippen LogP contribution < -0.4 is 20.1 Å². The van der Waals surface area contributed by atoms with Gasteiger partial charge in [-0.05, 0) is 68.8 Å². The first kappa shape index (κ1) is 38.2. The summed E-state index contributed by atoms with van der Waals surface area (Å²) in [7, 11) is -3.85. The molecule has 1 aromatic carbocycles. The number of amides is 1. The summed E-state index contributed by atoms with van der Waals surface area (Å²) in [5.74, 6) is -0.811. The van der Waals surface area contributed by atoms with Gasteiger partial charge in [0.2, 0.25) is 10.0 Å². The van der Waals surface area contributed by atoms with E-state index in [-0.39, 0.29) is 55.1 Å². The average Bonchev–Trinajstić information content (AvgIpc) is 3.64. The van der Waals surface area contributed by atoms with E-state index in [9.17, 15) is 35.2 Å². The molecule has 13 nitrogen and oxygen atoms in total. The van der Waals surface area contributed by atoms with Gasteiger partial charge in [0.05, 0.1) is 53.0 Å². The summed E-state index contributed by atoms with van der Waals surface area (Å²) in [5.41, 5.74) is 6.12. The number of halogens is 6. The zero-order chi connectivity index (χ0) is 38.7. The van der Waals surface area contributed by atoms with Crippen LogP contribution in [0.1, 0.15) is 75.9 Å². The molecule has 6 heterocycles. The summed E-state index contributed by atoms with van der Waals surface area (Å²) in [6, 6.07) is 2.20. The predicted octanol–water partition coefficient (Wildman–Crippen LogP) is 5.16. The first-order valence-corrected chi connectivity index (χ1v) is 19.6. The van der Waals surface area contributed by atoms with Gasteiger partial charge in [-0.25, -0.2) is 13.1 Å². The van der Waals surface area contributed by atoms with Gasteiger partial charge >= 0.3 is 12.2 Å². The molecule has 3 N–H and O–H groups in total. The number of nitrogens with one attached hydrogen (secondary N) is 1. The van der Waals surface area contributed by atoms with Gasteiger partial charge in [0.15, 0.2) is 5.69 Å². The quantitative estimate of drug-likeness (QED) is 0.229. The van der Waals surface area contributed by atoms with E-state index in [0.29, 0.717) is 60.8 Å². The average molecular weight is 801 g/mol. The number of fused-ring (bicyclic) bond motifs is 3. The van der Waals surface area contributed by atoms with Crippen LogP contribution >= 0.6 is 11.6 Å². The minimum absolute atomic E-state index is 0.0312. The van der Waals surface area contributed by atoms with Crippen molar-refractivity contribution in [1.82, 2.24) is 29.4 Å². The topological polar surface area (TPSA) is 158 Å². The fraction of sp³-hybridized carbons (Fsp3) is 0.529. The van der Waals surface area contributed by atoms with Crippen LogP contribution in [0.5, 0.6) is 6.01 Å². The smallest absolute Gasteiger partial charge is 0.418 e. The summed E-state index contributed by atoms with van der Waals surface area (Å²) < 4.78 is 109. The van der Waals surface area contributed by atoms with Crippen molar-refractivity contribution >= 4 is 39.0 Å². The Bertz CT molecular complexity index is 2130. The molecule has 3 atom stereocenters. The molecule has 0 spiro atoms. The van der Waals surface area contributed by atoms with Gasteiger partial charge in [-0.2, -0.15) is 37.0 Å². The maximum Gasteiger partial charge on any atom is 0.418 e. The van der Waals surface area contributed by atoms with Crippen LogP contribution in [-0.4, -0.2) is 77.0 Å². The summed E-state index contributed by atoms with van der Waals surface area (Å²) in [4.78, 5) is 26.4. The van der Waals surface area contributed by atoms with Crippen molar-refractivity contribution in [2.24, 2.45) is 5.92 Å². The van der Waals surface area contributed by atoms with Gasteiger partial charge in [-0.1, -0.05) is 11.6 Å². The molecule has 4 aliphatic rings. The van der Waals surface area contributed by atoms with Crippen LogP contribution in [-0.2, 0) is 47.1 Å². The Kier molecular flexibility index (Phi) is 10.1. The number of ether oxygens (including phenoxy) is 2. The minimum atomic E-state index is -4.80. The molecular weight excluding hydrogens is 763 g/mol. The van der Waals surface area contributed by atoms with E-state index >= 15 is 0 Å². The number of nitrogens with zero attached hydrogens (tertiary/aromatic N) is 6. The van der Waals surface area contributed by atoms with Gasteiger partial charge in [-0.15, -0.1) is 0 Å². The molecule has 1 unspecified atom stereocenters. The number of aromatic nitrogens is 4. The number of carbonyl (C=O) groups excluding carboxylic acids is 1. The lowest BCUT2D eigenvalue weighted by atomic mass is 9.91. The third-order valence-corrected chi connectivity index (χ3v) is 11.4. The number of benzene rings is 1. The standard InChI is InChI=1S/C34H38ClF5N8O5S/c1-18-25-15-46(6-4-8-48(25)44-29(18)31(49)45-54(2,50)51)30-22-16-52-26(21-10-20(41)11-23(35)28(21)34(38,39)40)12-24(22)42-32(43-30)53-17-33-5-3-7-47(33)14-19(13-33)9-27(36)37/h9-11,19,26H,3-8,12-17,41H2,1-2H3,(H,45,49)/t19-,26?,33+/m0/s1. The van der Waals surface area contributed by atoms with Gasteiger partial charge < -0.3 is 20.1 Å². The summed E-state index contributed by atoms with van der Waals surface area (Å²) in [6.07, 6.45) is -3.34. The molecule has 20 heteroatoms. The summed E-state index contributed by atoms with van der Waals surface area (Å²) >= 11 is 6.08. The highest BCUT2D eigenvalue weighted by Gasteiger charge is 2.49. The highest BCUT2D eigenvalue weighted by atomic mass is 35.5. The second-order valence-corrected chi connectivity index (χ2v) is 16.5. The molecule has 2 aromatic heterocycles. The first-order chi connectivity index (χ1) is 25.4. The Balaban J connectivity index is 1.25. The van der Waals surface area contributed by atoms with Crippen molar-refractivity contribution in [3.63, 3.8) is 0 Å². The van der Waals surface area contributed by atoms with Crippen molar-refractivity contribution in [1.29, 1.82) is 0 Å². The van der Waals surface area contributed by atoms with Crippen LogP contribution in [0.3, 0.4) is 0 Å². The van der Waals surface area contributed by atoms with Crippen LogP contribution in [0.2, 0.25) is 5.02 Å². The number of alkyl halides is 3. The molecular formula is C34H38ClF5N8O5S. The molecule has 292 valence electrons. The normalized spacial score (nSPS) is 23.0. The van der Waals surface area contributed by atoms with Crippen LogP contribution in [0.25, 0.3) is 0 Å². The van der Waals surface area contributed by atoms with E-state index in [1.54, 1.807) is 11.6 Å². The highest BCUT2D eigenvalue weighted by molar-refractivity contribution is 7.89. The SMILES string of the molecule is Cc1c(C(=O)NS(C)(=O)=O)nn2c1CN(c1nc(OC[C@]34CCCN3C[C@@H](C=C(F)F)C4)nc3c1COC(c1cc(N)cc(Cl)c1C(F)(F)F)C3)CCC2. The predicted molar refractivity (Wildman–Crippen MR) is 187 cm³/mol. The number of nitrogens with two attached hydrogens (primary N) is 1. The number of carbonyl (C=O) groups is 1. The van der Waals surface area contributed by atoms with Crippen molar-refractivity contribution in [3.05, 3.63) is 68.6 Å². The maximum atomic E-state index is 14.3. The zero-order valence-corrected chi connectivity index (χ0v) is 30.9. The lowest BCUT2D eigenvalue weighted by molar-refractivity contribution is -0.139. The Morgan fingerprint density at radius 2 is 1.98 bits per heavy atom. The summed E-state index contributed by atoms with van der Waals surface area (Å²) in [6.45, 7) is 3.82. The third-order valence-electron chi connectivity index (χ3n) is 10.6. The van der Waals surface area contributed by atoms with Crippen molar-refractivity contribution in [3.8, 4) is 6.01 Å². The molecule has 0 bridgehead atoms. The molecule has 1 amide bonds. The minimum Gasteiger partial charge on any atom is -0.461 e. The molecule has 3 aromatic rings. The fourth-order valence-corrected chi connectivity index (χ4v) is 9.05. The zero-order valence-electron chi connectivity index (χ0n) is 29.3. The van der Waals surface area contributed by atoms with Gasteiger partial charge in [-0.3, -0.25) is 14.4 Å². The number of anilines is 2. The second-order valence-electron chi connectivity index (χ2n) is 14.3. The van der Waals surface area contributed by atoms with E-state index in [1.165, 1.54) is 6.07 Å². The Morgan fingerprint density at radius 1 is 1.20 bits per heavy atom. The van der Waals surface area contributed by atoms with Gasteiger partial charge in [0, 0.05) is 42.9 Å². The first-order valence-electron chi connectivity index (χ1n) is 17.3. The number of nitrogen functional groups attached to an aromatic ring is 1. The Hall–Kier alpha value is -4.07. The third kappa shape index (κ3) is 7.59. The number of aryl methyl sites for hydroxylation is 1. The number of hydrogen-bond acceptors (Lipinski definition) is 11. The molecule has 0 saturated carbocycles. The highest BCUT2D eigenvalue weighted by Crippen LogP contribution is 2.46. The van der Waals surface area contributed by atoms with Crippen LogP contribution in [0, 0.1) is 12.8 Å².